The molecule has 0 aromatic carbocycles. The van der Waals surface area contributed by atoms with Gasteiger partial charge in [-0.15, -0.1) is 0 Å². The Morgan fingerprint density at radius 1 is 1.18 bits per heavy atom. The third-order valence-corrected chi connectivity index (χ3v) is 1.92. The summed E-state index contributed by atoms with van der Waals surface area (Å²) in [6, 6.07) is 0. The summed E-state index contributed by atoms with van der Waals surface area (Å²) in [5, 5.41) is 8.76. The van der Waals surface area contributed by atoms with Crippen LogP contribution in [0.5, 0.6) is 0 Å². The maximum Gasteiger partial charge on any atom is 0.335 e. The van der Waals surface area contributed by atoms with Crippen molar-refractivity contribution in [1.29, 1.82) is 0 Å². The molecule has 6 heteroatoms. The fourth-order valence-corrected chi connectivity index (χ4v) is 1.09. The Kier molecular flexibility index (Phi) is 11.3. The minimum absolute atomic E-state index is 0.0707. The molecule has 0 saturated heterocycles. The van der Waals surface area contributed by atoms with E-state index in [0.717, 1.165) is 6.42 Å². The fourth-order valence-electron chi connectivity index (χ4n) is 1.09. The molecule has 0 rings (SSSR count). The summed E-state index contributed by atoms with van der Waals surface area (Å²) in [5.74, 6) is -0.997. The molecule has 0 fully saturated rings. The lowest BCUT2D eigenvalue weighted by molar-refractivity contribution is -0.154. The highest BCUT2D eigenvalue weighted by molar-refractivity contribution is 5.72. The van der Waals surface area contributed by atoms with Crippen LogP contribution in [0, 0.1) is 0 Å². The number of hydrogen-bond donors (Lipinski definition) is 1. The predicted molar refractivity (Wildman–Crippen MR) is 61.2 cm³/mol. The second-order valence-corrected chi connectivity index (χ2v) is 3.32. The van der Waals surface area contributed by atoms with E-state index in [9.17, 15) is 4.79 Å². The zero-order valence-corrected chi connectivity index (χ0v) is 10.5. The van der Waals surface area contributed by atoms with Gasteiger partial charge in [-0.2, -0.15) is 0 Å². The molecule has 0 aliphatic heterocycles. The molecule has 0 heterocycles. The molecule has 0 aromatic heterocycles. The van der Waals surface area contributed by atoms with E-state index in [4.69, 9.17) is 24.1 Å². The van der Waals surface area contributed by atoms with E-state index in [-0.39, 0.29) is 6.61 Å². The van der Waals surface area contributed by atoms with Crippen LogP contribution < -0.4 is 0 Å². The average Bonchev–Trinajstić information content (AvgIpc) is 2.31. The topological polar surface area (TPSA) is 74.2 Å². The summed E-state index contributed by atoms with van der Waals surface area (Å²) >= 11 is 0. The van der Waals surface area contributed by atoms with Gasteiger partial charge in [-0.05, 0) is 13.3 Å². The summed E-state index contributed by atoms with van der Waals surface area (Å²) in [5.41, 5.74) is 0. The molecule has 102 valence electrons. The number of carbonyl (C=O) groups is 1. The van der Waals surface area contributed by atoms with Crippen molar-refractivity contribution in [1.82, 2.24) is 0 Å². The summed E-state index contributed by atoms with van der Waals surface area (Å²) in [6.07, 6.45) is -0.156. The molecule has 17 heavy (non-hydrogen) atoms. The van der Waals surface area contributed by atoms with Crippen LogP contribution in [0.4, 0.5) is 0 Å². The highest BCUT2D eigenvalue weighted by atomic mass is 16.5. The van der Waals surface area contributed by atoms with Crippen LogP contribution in [-0.2, 0) is 23.7 Å². The van der Waals surface area contributed by atoms with Crippen LogP contribution >= 0.6 is 0 Å². The van der Waals surface area contributed by atoms with Crippen molar-refractivity contribution in [3.05, 3.63) is 0 Å². The summed E-state index contributed by atoms with van der Waals surface area (Å²) in [6.45, 7) is 4.36. The molecule has 0 aromatic rings. The zero-order chi connectivity index (χ0) is 12.9. The van der Waals surface area contributed by atoms with E-state index in [1.165, 1.54) is 0 Å². The first-order chi connectivity index (χ1) is 8.22. The lowest BCUT2D eigenvalue weighted by atomic mass is 10.4. The number of aliphatic carboxylic acids is 1. The van der Waals surface area contributed by atoms with E-state index in [0.29, 0.717) is 33.0 Å². The lowest BCUT2D eigenvalue weighted by Gasteiger charge is -2.12. The molecule has 6 nitrogen and oxygen atoms in total. The highest BCUT2D eigenvalue weighted by Crippen LogP contribution is 1.95. The van der Waals surface area contributed by atoms with Crippen molar-refractivity contribution in [2.45, 2.75) is 19.4 Å². The van der Waals surface area contributed by atoms with E-state index in [2.05, 4.69) is 0 Å². The van der Waals surface area contributed by atoms with Gasteiger partial charge in [0.25, 0.3) is 0 Å². The minimum atomic E-state index is -0.997. The van der Waals surface area contributed by atoms with E-state index in [1.54, 1.807) is 14.0 Å². The zero-order valence-electron chi connectivity index (χ0n) is 10.5. The Morgan fingerprint density at radius 3 is 2.47 bits per heavy atom. The summed E-state index contributed by atoms with van der Waals surface area (Å²) in [4.78, 5) is 10.7. The fraction of sp³-hybridized carbons (Fsp3) is 0.909. The summed E-state index contributed by atoms with van der Waals surface area (Å²) < 4.78 is 20.2. The molecule has 0 aliphatic rings. The van der Waals surface area contributed by atoms with Gasteiger partial charge < -0.3 is 24.1 Å². The number of methoxy groups -OCH3 is 1. The van der Waals surface area contributed by atoms with Crippen LogP contribution in [0.3, 0.4) is 0 Å². The van der Waals surface area contributed by atoms with Crippen LogP contribution in [0.15, 0.2) is 0 Å². The van der Waals surface area contributed by atoms with Gasteiger partial charge in [0, 0.05) is 26.9 Å². The average molecular weight is 250 g/mol. The first kappa shape index (κ1) is 16.3. The maximum absolute atomic E-state index is 10.7. The van der Waals surface area contributed by atoms with Gasteiger partial charge in [-0.25, -0.2) is 4.79 Å². The monoisotopic (exact) mass is 250 g/mol. The van der Waals surface area contributed by atoms with E-state index >= 15 is 0 Å². The Bertz CT molecular complexity index is 185. The van der Waals surface area contributed by atoms with Crippen molar-refractivity contribution in [2.75, 3.05) is 46.8 Å². The van der Waals surface area contributed by atoms with E-state index < -0.39 is 12.1 Å². The number of ether oxygens (including phenoxy) is 4. The lowest BCUT2D eigenvalue weighted by Crippen LogP contribution is -2.29. The van der Waals surface area contributed by atoms with Crippen LogP contribution in [0.25, 0.3) is 0 Å². The third kappa shape index (κ3) is 10.2. The van der Waals surface area contributed by atoms with Crippen molar-refractivity contribution < 1.29 is 28.8 Å². The van der Waals surface area contributed by atoms with Crippen LogP contribution in [-0.4, -0.2) is 63.9 Å². The Labute approximate surface area is 102 Å². The van der Waals surface area contributed by atoms with Gasteiger partial charge in [0.15, 0.2) is 6.10 Å². The largest absolute Gasteiger partial charge is 0.479 e. The molecular formula is C11H22O6. The number of carboxylic acids is 1. The molecule has 0 amide bonds. The predicted octanol–water partition coefficient (Wildman–Crippen LogP) is 0.546. The van der Waals surface area contributed by atoms with Gasteiger partial charge in [-0.1, -0.05) is 0 Å². The number of rotatable bonds is 12. The van der Waals surface area contributed by atoms with Crippen molar-refractivity contribution in [2.24, 2.45) is 0 Å². The maximum atomic E-state index is 10.7. The third-order valence-electron chi connectivity index (χ3n) is 1.92. The molecule has 0 radical (unpaired) electrons. The van der Waals surface area contributed by atoms with Crippen molar-refractivity contribution >= 4 is 5.97 Å². The molecule has 0 bridgehead atoms. The molecular weight excluding hydrogens is 228 g/mol. The van der Waals surface area contributed by atoms with Gasteiger partial charge in [0.05, 0.1) is 19.8 Å². The van der Waals surface area contributed by atoms with Crippen LogP contribution in [0.1, 0.15) is 13.3 Å². The summed E-state index contributed by atoms with van der Waals surface area (Å²) in [7, 11) is 1.62. The standard InChI is InChI=1S/C11H22O6/c1-3-17-10(11(12)13)9-16-6-4-5-15-8-7-14-2/h10H,3-9H2,1-2H3,(H,12,13). The normalized spacial score (nSPS) is 12.6. The van der Waals surface area contributed by atoms with Crippen LogP contribution in [0.2, 0.25) is 0 Å². The first-order valence-electron chi connectivity index (χ1n) is 5.71. The number of hydrogen-bond acceptors (Lipinski definition) is 5. The van der Waals surface area contributed by atoms with Crippen molar-refractivity contribution in [3.63, 3.8) is 0 Å². The van der Waals surface area contributed by atoms with Gasteiger partial charge >= 0.3 is 5.97 Å². The van der Waals surface area contributed by atoms with Gasteiger partial charge in [0.1, 0.15) is 0 Å². The molecule has 0 aliphatic carbocycles. The molecule has 1 N–H and O–H groups in total. The van der Waals surface area contributed by atoms with Gasteiger partial charge in [-0.3, -0.25) is 0 Å². The molecule has 0 spiro atoms. The molecule has 1 atom stereocenters. The minimum Gasteiger partial charge on any atom is -0.479 e. The second kappa shape index (κ2) is 11.8. The van der Waals surface area contributed by atoms with Gasteiger partial charge in [0.2, 0.25) is 0 Å². The molecule has 1 unspecified atom stereocenters. The van der Waals surface area contributed by atoms with E-state index in [1.807, 2.05) is 0 Å². The molecule has 0 saturated carbocycles. The first-order valence-corrected chi connectivity index (χ1v) is 5.71. The Balaban J connectivity index is 3.33. The Morgan fingerprint density at radius 2 is 1.88 bits per heavy atom. The smallest absolute Gasteiger partial charge is 0.335 e. The number of carboxylic acid groups (broad SMARTS) is 1. The van der Waals surface area contributed by atoms with Crippen molar-refractivity contribution in [3.8, 4) is 0 Å². The SMILES string of the molecule is CCOC(COCCCOCCOC)C(=O)O. The highest BCUT2D eigenvalue weighted by Gasteiger charge is 2.16. The quantitative estimate of drug-likeness (QED) is 0.510. The Hall–Kier alpha value is -0.690. The second-order valence-electron chi connectivity index (χ2n) is 3.32.